The van der Waals surface area contributed by atoms with Crippen LogP contribution in [0.4, 0.5) is 0 Å². The van der Waals surface area contributed by atoms with Gasteiger partial charge in [-0.15, -0.1) is 0 Å². The molecule has 8 nitrogen and oxygen atoms in total. The first-order valence-electron chi connectivity index (χ1n) is 12.6. The fourth-order valence-corrected chi connectivity index (χ4v) is 5.79. The van der Waals surface area contributed by atoms with Gasteiger partial charge in [0, 0.05) is 43.7 Å². The number of β-amino-alcohol motifs (C(OH)–C–C–N with tert-alkyl or cyclic N) is 1. The molecule has 3 aromatic rings. The average Bonchev–Trinajstić information content (AvgIpc) is 3.51. The van der Waals surface area contributed by atoms with Crippen LogP contribution in [0.25, 0.3) is 22.2 Å². The number of benzene rings is 1. The van der Waals surface area contributed by atoms with Crippen LogP contribution in [0, 0.1) is 0 Å². The Kier molecular flexibility index (Phi) is 6.92. The number of fused-ring (bicyclic) bond motifs is 1. The van der Waals surface area contributed by atoms with E-state index in [1.54, 1.807) is 24.7 Å². The zero-order valence-corrected chi connectivity index (χ0v) is 20.0. The molecule has 0 bridgehead atoms. The van der Waals surface area contributed by atoms with E-state index in [1.807, 2.05) is 21.6 Å². The van der Waals surface area contributed by atoms with Crippen LogP contribution in [-0.2, 0) is 11.3 Å². The Balaban J connectivity index is 1.58. The molecule has 2 N–H and O–H groups in total. The number of hydrogen-bond acceptors (Lipinski definition) is 5. The first kappa shape index (κ1) is 23.6. The highest BCUT2D eigenvalue weighted by atomic mass is 16.4. The number of furan rings is 1. The van der Waals surface area contributed by atoms with Crippen LogP contribution in [0.3, 0.4) is 0 Å². The molecule has 1 saturated carbocycles. The minimum atomic E-state index is -0.977. The van der Waals surface area contributed by atoms with Crippen LogP contribution in [0.15, 0.2) is 41.2 Å². The number of nitrogens with zero attached hydrogens (tertiary/aromatic N) is 3. The van der Waals surface area contributed by atoms with Crippen molar-refractivity contribution < 1.29 is 24.2 Å². The molecule has 1 saturated heterocycles. The number of piperazine rings is 1. The fourth-order valence-electron chi connectivity index (χ4n) is 5.79. The topological polar surface area (TPSA) is 99.1 Å². The molecule has 5 rings (SSSR count). The molecule has 1 aliphatic heterocycles. The minimum absolute atomic E-state index is 0.0196. The molecule has 8 heteroatoms. The van der Waals surface area contributed by atoms with Gasteiger partial charge in [0.05, 0.1) is 35.9 Å². The van der Waals surface area contributed by atoms with E-state index < -0.39 is 5.97 Å². The van der Waals surface area contributed by atoms with Crippen LogP contribution in [-0.4, -0.2) is 75.8 Å². The van der Waals surface area contributed by atoms with Gasteiger partial charge in [0.2, 0.25) is 5.91 Å². The SMILES string of the molecule is O=C(O)c1ccc2c(C3CCCCC3)c(-c3ccoc3)n(CC(=O)N3CCN(CCO)CC3)c2c1. The number of amides is 1. The summed E-state index contributed by atoms with van der Waals surface area (Å²) in [7, 11) is 0. The second-order valence-corrected chi connectivity index (χ2v) is 9.68. The summed E-state index contributed by atoms with van der Waals surface area (Å²) in [5.74, 6) is -0.591. The maximum Gasteiger partial charge on any atom is 0.335 e. The summed E-state index contributed by atoms with van der Waals surface area (Å²) in [6.45, 7) is 3.61. The van der Waals surface area contributed by atoms with Crippen LogP contribution in [0.5, 0.6) is 0 Å². The molecule has 1 aliphatic carbocycles. The third-order valence-corrected chi connectivity index (χ3v) is 7.59. The number of carbonyl (C=O) groups excluding carboxylic acids is 1. The van der Waals surface area contributed by atoms with Crippen LogP contribution in [0.2, 0.25) is 0 Å². The third kappa shape index (κ3) is 4.73. The standard InChI is InChI=1S/C27H33N3O5/c31-14-13-28-9-11-29(12-10-28)24(32)17-30-23-16-20(27(33)34)6-7-22(23)25(19-4-2-1-3-5-19)26(30)21-8-15-35-18-21/h6-8,15-16,18-19,31H,1-5,9-14,17H2,(H,33,34). The smallest absolute Gasteiger partial charge is 0.335 e. The third-order valence-electron chi connectivity index (χ3n) is 7.59. The van der Waals surface area contributed by atoms with Crippen LogP contribution < -0.4 is 0 Å². The van der Waals surface area contributed by atoms with Gasteiger partial charge in [-0.05, 0) is 42.5 Å². The molecule has 2 fully saturated rings. The quantitative estimate of drug-likeness (QED) is 0.535. The summed E-state index contributed by atoms with van der Waals surface area (Å²) in [6.07, 6.45) is 9.12. The number of carboxylic acid groups (broad SMARTS) is 1. The Morgan fingerprint density at radius 2 is 1.80 bits per heavy atom. The molecule has 0 radical (unpaired) electrons. The van der Waals surface area contributed by atoms with E-state index in [2.05, 4.69) is 4.90 Å². The molecule has 1 aromatic carbocycles. The van der Waals surface area contributed by atoms with Gasteiger partial charge >= 0.3 is 5.97 Å². The van der Waals surface area contributed by atoms with Crippen LogP contribution >= 0.6 is 0 Å². The summed E-state index contributed by atoms with van der Waals surface area (Å²) in [5, 5.41) is 19.9. The van der Waals surface area contributed by atoms with E-state index in [-0.39, 0.29) is 24.6 Å². The van der Waals surface area contributed by atoms with Gasteiger partial charge in [0.25, 0.3) is 0 Å². The van der Waals surface area contributed by atoms with Gasteiger partial charge in [-0.1, -0.05) is 25.3 Å². The lowest BCUT2D eigenvalue weighted by Crippen LogP contribution is -2.50. The van der Waals surface area contributed by atoms with Gasteiger partial charge in [-0.2, -0.15) is 0 Å². The highest BCUT2D eigenvalue weighted by Gasteiger charge is 2.29. The fraction of sp³-hybridized carbons (Fsp3) is 0.481. The second-order valence-electron chi connectivity index (χ2n) is 9.68. The molecule has 1 amide bonds. The number of aromatic carboxylic acids is 1. The van der Waals surface area contributed by atoms with Crippen molar-refractivity contribution in [2.75, 3.05) is 39.3 Å². The Morgan fingerprint density at radius 1 is 1.03 bits per heavy atom. The van der Waals surface area contributed by atoms with Crippen molar-refractivity contribution in [2.45, 2.75) is 44.6 Å². The number of aliphatic hydroxyl groups excluding tert-OH is 1. The van der Waals surface area contributed by atoms with Crippen molar-refractivity contribution in [1.29, 1.82) is 0 Å². The molecule has 0 atom stereocenters. The summed E-state index contributed by atoms with van der Waals surface area (Å²) in [6, 6.07) is 7.22. The predicted octanol–water partition coefficient (Wildman–Crippen LogP) is 3.78. The van der Waals surface area contributed by atoms with Gasteiger partial charge in [-0.3, -0.25) is 9.69 Å². The molecule has 3 heterocycles. The molecule has 2 aliphatic rings. The lowest BCUT2D eigenvalue weighted by atomic mass is 9.82. The van der Waals surface area contributed by atoms with E-state index in [0.717, 1.165) is 48.1 Å². The number of carboxylic acids is 1. The summed E-state index contributed by atoms with van der Waals surface area (Å²) in [5.41, 5.74) is 4.09. The predicted molar refractivity (Wildman–Crippen MR) is 133 cm³/mol. The highest BCUT2D eigenvalue weighted by molar-refractivity contribution is 5.99. The second kappa shape index (κ2) is 10.3. The summed E-state index contributed by atoms with van der Waals surface area (Å²) in [4.78, 5) is 29.3. The molecule has 0 unspecified atom stereocenters. The first-order chi connectivity index (χ1) is 17.1. The van der Waals surface area contributed by atoms with E-state index in [9.17, 15) is 19.8 Å². The number of aromatic nitrogens is 1. The molecule has 2 aromatic heterocycles. The molecule has 0 spiro atoms. The normalized spacial score (nSPS) is 17.8. The Bertz CT molecular complexity index is 1190. The monoisotopic (exact) mass is 479 g/mol. The Hall–Kier alpha value is -3.10. The zero-order chi connectivity index (χ0) is 24.4. The van der Waals surface area contributed by atoms with Crippen molar-refractivity contribution >= 4 is 22.8 Å². The van der Waals surface area contributed by atoms with Gasteiger partial charge in [-0.25, -0.2) is 4.79 Å². The van der Waals surface area contributed by atoms with Crippen molar-refractivity contribution in [3.8, 4) is 11.3 Å². The van der Waals surface area contributed by atoms with E-state index in [0.29, 0.717) is 25.6 Å². The van der Waals surface area contributed by atoms with Crippen molar-refractivity contribution in [3.63, 3.8) is 0 Å². The van der Waals surface area contributed by atoms with Gasteiger partial charge in [0.1, 0.15) is 6.54 Å². The summed E-state index contributed by atoms with van der Waals surface area (Å²) < 4.78 is 7.46. The van der Waals surface area contributed by atoms with Crippen LogP contribution in [0.1, 0.15) is 53.9 Å². The zero-order valence-electron chi connectivity index (χ0n) is 20.0. The number of carbonyl (C=O) groups is 2. The van der Waals surface area contributed by atoms with Gasteiger partial charge in [0.15, 0.2) is 0 Å². The average molecular weight is 480 g/mol. The number of hydrogen-bond donors (Lipinski definition) is 2. The molecular weight excluding hydrogens is 446 g/mol. The molecule has 35 heavy (non-hydrogen) atoms. The molecular formula is C27H33N3O5. The molecule has 186 valence electrons. The maximum absolute atomic E-state index is 13.5. The minimum Gasteiger partial charge on any atom is -0.478 e. The number of rotatable bonds is 7. The van der Waals surface area contributed by atoms with Crippen molar-refractivity contribution in [2.24, 2.45) is 0 Å². The van der Waals surface area contributed by atoms with Gasteiger partial charge < -0.3 is 24.1 Å². The van der Waals surface area contributed by atoms with E-state index >= 15 is 0 Å². The number of aliphatic hydroxyl groups is 1. The van der Waals surface area contributed by atoms with Crippen molar-refractivity contribution in [1.82, 2.24) is 14.4 Å². The summed E-state index contributed by atoms with van der Waals surface area (Å²) >= 11 is 0. The van der Waals surface area contributed by atoms with E-state index in [1.165, 1.54) is 24.8 Å². The first-order valence-corrected chi connectivity index (χ1v) is 12.6. The van der Waals surface area contributed by atoms with Crippen molar-refractivity contribution in [3.05, 3.63) is 47.9 Å². The highest BCUT2D eigenvalue weighted by Crippen LogP contribution is 2.44. The maximum atomic E-state index is 13.5. The van der Waals surface area contributed by atoms with E-state index in [4.69, 9.17) is 4.42 Å². The Labute approximate surface area is 204 Å². The lowest BCUT2D eigenvalue weighted by molar-refractivity contribution is -0.133. The lowest BCUT2D eigenvalue weighted by Gasteiger charge is -2.34. The largest absolute Gasteiger partial charge is 0.478 e. The Morgan fingerprint density at radius 3 is 2.46 bits per heavy atom.